The minimum absolute atomic E-state index is 0.304. The Bertz CT molecular complexity index is 568. The average molecular weight is 255 g/mol. The van der Waals surface area contributed by atoms with E-state index in [4.69, 9.17) is 0 Å². The molecule has 0 saturated carbocycles. The summed E-state index contributed by atoms with van der Waals surface area (Å²) < 4.78 is 13.4. The van der Waals surface area contributed by atoms with Gasteiger partial charge in [0.05, 0.1) is 0 Å². The second kappa shape index (κ2) is 5.56. The molecule has 2 aromatic rings. The Morgan fingerprint density at radius 3 is 2.16 bits per heavy atom. The monoisotopic (exact) mass is 255 g/mol. The van der Waals surface area contributed by atoms with Crippen LogP contribution in [-0.2, 0) is 0 Å². The van der Waals surface area contributed by atoms with Crippen LogP contribution in [0.25, 0.3) is 11.1 Å². The maximum atomic E-state index is 13.4. The van der Waals surface area contributed by atoms with Gasteiger partial charge in [0.15, 0.2) is 0 Å². The summed E-state index contributed by atoms with van der Waals surface area (Å²) in [4.78, 5) is 0. The Morgan fingerprint density at radius 2 is 1.58 bits per heavy atom. The third kappa shape index (κ3) is 2.86. The summed E-state index contributed by atoms with van der Waals surface area (Å²) in [5.41, 5.74) is 4.58. The molecule has 0 aliphatic heterocycles. The summed E-state index contributed by atoms with van der Waals surface area (Å²) in [6.45, 7) is 8.76. The fraction of sp³-hybridized carbons (Fsp3) is 0.333. The van der Waals surface area contributed by atoms with Gasteiger partial charge >= 0.3 is 0 Å². The third-order valence-electron chi connectivity index (χ3n) is 3.39. The van der Waals surface area contributed by atoms with Gasteiger partial charge in [-0.2, -0.15) is 0 Å². The van der Waals surface area contributed by atoms with Crippen LogP contribution in [0, 0.1) is 11.9 Å². The van der Waals surface area contributed by atoms with Gasteiger partial charge in [-0.15, -0.1) is 0 Å². The van der Waals surface area contributed by atoms with E-state index in [9.17, 15) is 4.39 Å². The number of hydrogen-bond donors (Lipinski definition) is 0. The Hall–Kier alpha value is -1.63. The highest BCUT2D eigenvalue weighted by Gasteiger charge is 2.15. The molecule has 0 amide bonds. The lowest BCUT2D eigenvalue weighted by molar-refractivity contribution is 0.626. The molecule has 0 nitrogen and oxygen atoms in total. The van der Waals surface area contributed by atoms with Crippen molar-refractivity contribution in [1.29, 1.82) is 0 Å². The van der Waals surface area contributed by atoms with Gasteiger partial charge in [0.2, 0.25) is 0 Å². The molecule has 0 atom stereocenters. The van der Waals surface area contributed by atoms with Crippen LogP contribution >= 0.6 is 0 Å². The van der Waals surface area contributed by atoms with Crippen LogP contribution in [-0.4, -0.2) is 0 Å². The molecule has 0 N–H and O–H groups in total. The average Bonchev–Trinajstić information content (AvgIpc) is 2.37. The van der Waals surface area contributed by atoms with Crippen molar-refractivity contribution >= 4 is 0 Å². The molecule has 2 aromatic carbocycles. The van der Waals surface area contributed by atoms with Gasteiger partial charge in [-0.05, 0) is 40.2 Å². The van der Waals surface area contributed by atoms with E-state index in [0.717, 1.165) is 11.1 Å². The molecule has 0 aromatic heterocycles. The van der Waals surface area contributed by atoms with Gasteiger partial charge in [0, 0.05) is 6.07 Å². The van der Waals surface area contributed by atoms with E-state index < -0.39 is 0 Å². The van der Waals surface area contributed by atoms with Crippen LogP contribution in [0.15, 0.2) is 36.4 Å². The van der Waals surface area contributed by atoms with E-state index in [1.807, 2.05) is 6.07 Å². The standard InChI is InChI=1S/C18H20F/c1-12(2)16-9-6-10-17(18(16)13(3)4)14-7-5-8-15(19)11-14/h5-10,12-13H,1-4H3. The first-order chi connectivity index (χ1) is 9.00. The molecular weight excluding hydrogens is 235 g/mol. The lowest BCUT2D eigenvalue weighted by atomic mass is 9.84. The quantitative estimate of drug-likeness (QED) is 0.675. The Balaban J connectivity index is 2.66. The highest BCUT2D eigenvalue weighted by molar-refractivity contribution is 5.69. The van der Waals surface area contributed by atoms with Crippen molar-refractivity contribution in [1.82, 2.24) is 0 Å². The Labute approximate surface area is 115 Å². The van der Waals surface area contributed by atoms with E-state index in [-0.39, 0.29) is 5.82 Å². The van der Waals surface area contributed by atoms with Crippen molar-refractivity contribution in [2.45, 2.75) is 39.5 Å². The van der Waals surface area contributed by atoms with Crippen LogP contribution in [0.2, 0.25) is 0 Å². The van der Waals surface area contributed by atoms with E-state index in [0.29, 0.717) is 11.8 Å². The largest absolute Gasteiger partial charge is 0.206 e. The summed E-state index contributed by atoms with van der Waals surface area (Å²) in [6, 6.07) is 14.2. The summed E-state index contributed by atoms with van der Waals surface area (Å²) in [6.07, 6.45) is 0. The lowest BCUT2D eigenvalue weighted by Crippen LogP contribution is -2.01. The van der Waals surface area contributed by atoms with Crippen molar-refractivity contribution < 1.29 is 4.39 Å². The molecule has 0 unspecified atom stereocenters. The van der Waals surface area contributed by atoms with Gasteiger partial charge < -0.3 is 0 Å². The fourth-order valence-corrected chi connectivity index (χ4v) is 2.56. The highest BCUT2D eigenvalue weighted by atomic mass is 19.1. The smallest absolute Gasteiger partial charge is 0.131 e. The maximum absolute atomic E-state index is 13.4. The van der Waals surface area contributed by atoms with E-state index >= 15 is 0 Å². The second-order valence-corrected chi connectivity index (χ2v) is 5.53. The van der Waals surface area contributed by atoms with Crippen LogP contribution in [0.5, 0.6) is 0 Å². The predicted molar refractivity (Wildman–Crippen MR) is 78.9 cm³/mol. The molecule has 0 aliphatic carbocycles. The first kappa shape index (κ1) is 13.8. The van der Waals surface area contributed by atoms with Crippen molar-refractivity contribution in [3.63, 3.8) is 0 Å². The van der Waals surface area contributed by atoms with E-state index in [2.05, 4.69) is 52.0 Å². The van der Waals surface area contributed by atoms with Gasteiger partial charge in [0.1, 0.15) is 5.82 Å². The van der Waals surface area contributed by atoms with E-state index in [1.165, 1.54) is 17.2 Å². The molecule has 1 radical (unpaired) electrons. The van der Waals surface area contributed by atoms with Crippen LogP contribution < -0.4 is 0 Å². The molecule has 0 spiro atoms. The lowest BCUT2D eigenvalue weighted by Gasteiger charge is -2.20. The zero-order valence-electron chi connectivity index (χ0n) is 12.0. The van der Waals surface area contributed by atoms with Crippen molar-refractivity contribution in [2.75, 3.05) is 0 Å². The SMILES string of the molecule is CC(C)c1cccc(-c2[c]c(F)ccc2)c1C(C)C. The van der Waals surface area contributed by atoms with Crippen LogP contribution in [0.4, 0.5) is 4.39 Å². The first-order valence-corrected chi connectivity index (χ1v) is 6.81. The predicted octanol–water partition coefficient (Wildman–Crippen LogP) is 5.54. The molecule has 0 heterocycles. The molecule has 0 saturated heterocycles. The summed E-state index contributed by atoms with van der Waals surface area (Å²) >= 11 is 0. The van der Waals surface area contributed by atoms with Crippen LogP contribution in [0.3, 0.4) is 0 Å². The molecule has 0 aliphatic rings. The van der Waals surface area contributed by atoms with Crippen molar-refractivity contribution in [3.05, 3.63) is 59.4 Å². The van der Waals surface area contributed by atoms with Gasteiger partial charge in [-0.25, -0.2) is 4.39 Å². The minimum atomic E-state index is -0.304. The molecule has 1 heteroatoms. The number of halogens is 1. The van der Waals surface area contributed by atoms with Gasteiger partial charge in [0.25, 0.3) is 0 Å². The summed E-state index contributed by atoms with van der Waals surface area (Å²) in [7, 11) is 0. The Kier molecular flexibility index (Phi) is 4.04. The van der Waals surface area contributed by atoms with Gasteiger partial charge in [-0.3, -0.25) is 0 Å². The summed E-state index contributed by atoms with van der Waals surface area (Å²) in [5, 5.41) is 0. The zero-order valence-corrected chi connectivity index (χ0v) is 12.0. The molecular formula is C18H20F. The molecule has 99 valence electrons. The zero-order chi connectivity index (χ0) is 14.0. The van der Waals surface area contributed by atoms with Crippen LogP contribution in [0.1, 0.15) is 50.7 Å². The fourth-order valence-electron chi connectivity index (χ4n) is 2.56. The second-order valence-electron chi connectivity index (χ2n) is 5.53. The van der Waals surface area contributed by atoms with Gasteiger partial charge in [-0.1, -0.05) is 58.0 Å². The maximum Gasteiger partial charge on any atom is 0.131 e. The summed E-state index contributed by atoms with van der Waals surface area (Å²) in [5.74, 6) is 0.568. The molecule has 2 rings (SSSR count). The van der Waals surface area contributed by atoms with Crippen molar-refractivity contribution in [2.24, 2.45) is 0 Å². The van der Waals surface area contributed by atoms with E-state index in [1.54, 1.807) is 6.07 Å². The highest BCUT2D eigenvalue weighted by Crippen LogP contribution is 2.35. The number of benzene rings is 2. The topological polar surface area (TPSA) is 0 Å². The third-order valence-corrected chi connectivity index (χ3v) is 3.39. The molecule has 0 bridgehead atoms. The number of hydrogen-bond acceptors (Lipinski definition) is 0. The first-order valence-electron chi connectivity index (χ1n) is 6.81. The minimum Gasteiger partial charge on any atom is -0.206 e. The normalized spacial score (nSPS) is 11.3. The van der Waals surface area contributed by atoms with Crippen molar-refractivity contribution in [3.8, 4) is 11.1 Å². The molecule has 0 fully saturated rings. The molecule has 19 heavy (non-hydrogen) atoms. The Morgan fingerprint density at radius 1 is 0.895 bits per heavy atom. The number of rotatable bonds is 3.